The van der Waals surface area contributed by atoms with Gasteiger partial charge in [0.15, 0.2) is 0 Å². The summed E-state index contributed by atoms with van der Waals surface area (Å²) in [6, 6.07) is 19.4. The van der Waals surface area contributed by atoms with Crippen LogP contribution in [0.15, 0.2) is 54.9 Å². The zero-order valence-electron chi connectivity index (χ0n) is 23.3. The molecule has 0 saturated carbocycles. The van der Waals surface area contributed by atoms with Crippen LogP contribution in [0.3, 0.4) is 0 Å². The Hall–Kier alpha value is -2.68. The van der Waals surface area contributed by atoms with Crippen LogP contribution in [0.25, 0.3) is 33.5 Å². The average molecular weight is 706 g/mol. The van der Waals surface area contributed by atoms with Crippen LogP contribution in [-0.4, -0.2) is 9.13 Å². The van der Waals surface area contributed by atoms with Crippen LogP contribution >= 0.6 is 9.42 Å². The average Bonchev–Trinajstić information content (AvgIpc) is 3.48. The molecule has 5 rings (SSSR count). The van der Waals surface area contributed by atoms with Gasteiger partial charge in [-0.2, -0.15) is 18.2 Å². The van der Waals surface area contributed by atoms with E-state index < -0.39 is 0 Å². The van der Waals surface area contributed by atoms with E-state index in [1.54, 1.807) is 18.8 Å². The Labute approximate surface area is 242 Å². The van der Waals surface area contributed by atoms with E-state index in [4.69, 9.17) is 0 Å². The van der Waals surface area contributed by atoms with Gasteiger partial charge in [0.2, 0.25) is 12.7 Å². The molecule has 0 unspecified atom stereocenters. The molecule has 0 spiro atoms. The molecule has 38 heavy (non-hydrogen) atoms. The Morgan fingerprint density at radius 1 is 0.842 bits per heavy atom. The van der Waals surface area contributed by atoms with E-state index >= 15 is 0 Å². The predicted octanol–water partition coefficient (Wildman–Crippen LogP) is 6.69. The van der Waals surface area contributed by atoms with Crippen LogP contribution < -0.4 is 9.13 Å². The van der Waals surface area contributed by atoms with E-state index in [1.165, 1.54) is 33.4 Å². The number of hydrogen-bond acceptors (Lipinski definition) is 0. The first-order valence-electron chi connectivity index (χ1n) is 12.8. The number of imidazole rings is 2. The number of nitrogens with zero attached hydrogens (tertiary/aromatic N) is 4. The molecule has 0 bridgehead atoms. The van der Waals surface area contributed by atoms with E-state index in [0.717, 1.165) is 22.4 Å². The van der Waals surface area contributed by atoms with Crippen molar-refractivity contribution < 1.29 is 27.9 Å². The number of rotatable bonds is 5. The molecule has 0 aliphatic carbocycles. The third-order valence-corrected chi connectivity index (χ3v) is 7.15. The van der Waals surface area contributed by atoms with Crippen LogP contribution in [0, 0.1) is 32.6 Å². The van der Waals surface area contributed by atoms with Crippen molar-refractivity contribution in [2.45, 2.75) is 53.4 Å². The molecular formula is C32H35ClN4Pt-. The van der Waals surface area contributed by atoms with E-state index in [-0.39, 0.29) is 0 Å². The summed E-state index contributed by atoms with van der Waals surface area (Å²) in [5.41, 5.74) is 12.0. The Balaban J connectivity index is 0.00000164. The van der Waals surface area contributed by atoms with Gasteiger partial charge in [0, 0.05) is 12.4 Å². The van der Waals surface area contributed by atoms with Crippen LogP contribution in [0.1, 0.15) is 61.8 Å². The maximum absolute atomic E-state index is 4.61. The van der Waals surface area contributed by atoms with Crippen molar-refractivity contribution in [1.82, 2.24) is 9.13 Å². The number of fused-ring (bicyclic) bond motifs is 1. The van der Waals surface area contributed by atoms with E-state index in [0.29, 0.717) is 11.8 Å². The fourth-order valence-electron chi connectivity index (χ4n) is 5.03. The number of aromatic nitrogens is 4. The summed E-state index contributed by atoms with van der Waals surface area (Å²) in [5, 5.41) is 0. The summed E-state index contributed by atoms with van der Waals surface area (Å²) >= 11 is 1.61. The quantitative estimate of drug-likeness (QED) is 0.143. The summed E-state index contributed by atoms with van der Waals surface area (Å²) in [6.45, 7) is 13.4. The molecule has 0 radical (unpaired) electrons. The fourth-order valence-corrected chi connectivity index (χ4v) is 5.03. The number of benzene rings is 3. The summed E-state index contributed by atoms with van der Waals surface area (Å²) in [6.07, 6.45) is 10.9. The molecule has 0 N–H and O–H groups in total. The summed E-state index contributed by atoms with van der Waals surface area (Å²) in [7, 11) is 8.66. The zero-order chi connectivity index (χ0) is 27.7. The van der Waals surface area contributed by atoms with Crippen molar-refractivity contribution >= 4 is 20.5 Å². The molecule has 0 aliphatic rings. The molecule has 0 aliphatic heterocycles. The van der Waals surface area contributed by atoms with Gasteiger partial charge in [-0.25, -0.2) is 0 Å². The van der Waals surface area contributed by atoms with Crippen LogP contribution in [0.5, 0.6) is 0 Å². The Bertz CT molecular complexity index is 1570. The van der Waals surface area contributed by atoms with Crippen LogP contribution in [0.4, 0.5) is 0 Å². The van der Waals surface area contributed by atoms with Crippen LogP contribution in [-0.2, 0) is 32.9 Å². The number of halogens is 1. The minimum absolute atomic E-state index is 0.410. The minimum atomic E-state index is 0.410. The predicted molar refractivity (Wildman–Crippen MR) is 150 cm³/mol. The first-order valence-corrected chi connectivity index (χ1v) is 15.7. The molecule has 0 amide bonds. The molecule has 201 valence electrons. The van der Waals surface area contributed by atoms with E-state index in [2.05, 4.69) is 128 Å². The molecule has 5 aromatic rings. The second-order valence-electron chi connectivity index (χ2n) is 10.6. The second kappa shape index (κ2) is 11.6. The first-order chi connectivity index (χ1) is 18.1. The van der Waals surface area contributed by atoms with Gasteiger partial charge in [0.25, 0.3) is 0 Å². The molecule has 6 heteroatoms. The molecular weight excluding hydrogens is 671 g/mol. The first kappa shape index (κ1) is 28.3. The fraction of sp³-hybridized carbons (Fsp3) is 0.312. The van der Waals surface area contributed by atoms with Gasteiger partial charge in [-0.15, -0.1) is 5.56 Å². The standard InChI is InChI=1S/C32H35N4.ClH.Pt/c1-21(2)28-10-9-11-29(22(3)4)32(28)25-16-26(35-13-12-33(7)19-35)18-27(17-25)36-20-34(8)30-14-23(5)24(6)15-31(30)36;;/h9-17,21-22H,1-8H3;1H;/q-1;;+1/p-1. The zero-order valence-corrected chi connectivity index (χ0v) is 26.4. The third-order valence-electron chi connectivity index (χ3n) is 7.15. The molecule has 0 fully saturated rings. The molecule has 2 aromatic heterocycles. The summed E-state index contributed by atoms with van der Waals surface area (Å²) < 4.78 is 8.17. The van der Waals surface area contributed by atoms with Gasteiger partial charge in [-0.1, -0.05) is 80.5 Å². The molecule has 0 atom stereocenters. The number of aryl methyl sites for hydroxylation is 4. The maximum atomic E-state index is 4.61. The SMILES string of the molecule is Cc1cc2c(cc1C)[n+](-c1[c-]c(-[n+]3[c-]n(C)cc3)cc(-c3c(C(C)C)cccc3C(C)C)c1)[c-]n2C.[Cl][Pt]. The summed E-state index contributed by atoms with van der Waals surface area (Å²) in [4.78, 5) is 0. The van der Waals surface area contributed by atoms with Gasteiger partial charge in [0.1, 0.15) is 0 Å². The molecule has 4 nitrogen and oxygen atoms in total. The van der Waals surface area contributed by atoms with E-state index in [9.17, 15) is 0 Å². The third kappa shape index (κ3) is 5.39. The molecule has 3 aromatic carbocycles. The van der Waals surface area contributed by atoms with Gasteiger partial charge in [-0.3, -0.25) is 0 Å². The van der Waals surface area contributed by atoms with Crippen molar-refractivity contribution in [2.24, 2.45) is 14.1 Å². The Morgan fingerprint density at radius 2 is 1.45 bits per heavy atom. The van der Waals surface area contributed by atoms with Crippen LogP contribution in [0.2, 0.25) is 0 Å². The molecule has 2 heterocycles. The van der Waals surface area contributed by atoms with Crippen molar-refractivity contribution in [3.63, 3.8) is 0 Å². The van der Waals surface area contributed by atoms with Gasteiger partial charge in [0.05, 0.1) is 25.1 Å². The second-order valence-corrected chi connectivity index (χ2v) is 10.6. The normalized spacial score (nSPS) is 11.4. The van der Waals surface area contributed by atoms with Crippen molar-refractivity contribution in [2.75, 3.05) is 0 Å². The number of hydrogen-bond donors (Lipinski definition) is 0. The van der Waals surface area contributed by atoms with Crippen molar-refractivity contribution in [3.05, 3.63) is 95.8 Å². The van der Waals surface area contributed by atoms with E-state index in [1.807, 2.05) is 28.6 Å². The van der Waals surface area contributed by atoms with Gasteiger partial charge >= 0.3 is 28.2 Å². The van der Waals surface area contributed by atoms with Gasteiger partial charge < -0.3 is 18.3 Å². The van der Waals surface area contributed by atoms with Crippen molar-refractivity contribution in [3.8, 4) is 22.5 Å². The van der Waals surface area contributed by atoms with Crippen molar-refractivity contribution in [1.29, 1.82) is 0 Å². The Kier molecular flexibility index (Phi) is 8.64. The topological polar surface area (TPSA) is 17.6 Å². The van der Waals surface area contributed by atoms with Gasteiger partial charge in [-0.05, 0) is 42.4 Å². The molecule has 0 saturated heterocycles. The Morgan fingerprint density at radius 3 is 2.03 bits per heavy atom. The summed E-state index contributed by atoms with van der Waals surface area (Å²) in [5.74, 6) is 0.821. The monoisotopic (exact) mass is 705 g/mol.